The van der Waals surface area contributed by atoms with Crippen LogP contribution in [0.4, 0.5) is 11.4 Å². The van der Waals surface area contributed by atoms with Crippen LogP contribution in [0.25, 0.3) is 0 Å². The van der Waals surface area contributed by atoms with Gasteiger partial charge < -0.3 is 24.4 Å². The molecule has 0 spiro atoms. The molecule has 0 unspecified atom stereocenters. The number of carbonyl (C=O) groups is 2. The van der Waals surface area contributed by atoms with Crippen molar-refractivity contribution in [3.8, 4) is 11.5 Å². The second kappa shape index (κ2) is 10.2. The molecule has 0 fully saturated rings. The Morgan fingerprint density at radius 3 is 2.00 bits per heavy atom. The molecule has 2 aromatic carbocycles. The fraction of sp³-hybridized carbons (Fsp3) is 0.333. The summed E-state index contributed by atoms with van der Waals surface area (Å²) in [6, 6.07) is 12.1. The molecular formula is C21H26N2O5. The van der Waals surface area contributed by atoms with Crippen molar-refractivity contribution in [3.05, 3.63) is 48.0 Å². The van der Waals surface area contributed by atoms with E-state index in [2.05, 4.69) is 24.1 Å². The molecule has 0 bridgehead atoms. The quantitative estimate of drug-likeness (QED) is 0.666. The molecule has 1 N–H and O–H groups in total. The number of nitrogens with zero attached hydrogens (tertiary/aromatic N) is 1. The number of rotatable bonds is 9. The number of carbonyl (C=O) groups excluding carboxylic acids is 2. The molecule has 0 radical (unpaired) electrons. The molecule has 0 heterocycles. The third kappa shape index (κ3) is 5.64. The van der Waals surface area contributed by atoms with E-state index in [-0.39, 0.29) is 0 Å². The van der Waals surface area contributed by atoms with Crippen molar-refractivity contribution in [1.82, 2.24) is 0 Å². The highest BCUT2D eigenvalue weighted by atomic mass is 16.5. The number of hydrogen-bond acceptors (Lipinski definition) is 6. The fourth-order valence-corrected chi connectivity index (χ4v) is 2.69. The Balaban J connectivity index is 1.93. The van der Waals surface area contributed by atoms with Crippen LogP contribution in [0.1, 0.15) is 24.2 Å². The Labute approximate surface area is 165 Å². The number of ether oxygens (including phenoxy) is 3. The van der Waals surface area contributed by atoms with Gasteiger partial charge in [-0.05, 0) is 38.1 Å². The molecule has 0 aliphatic carbocycles. The Hall–Kier alpha value is -3.22. The molecule has 7 heteroatoms. The average Bonchev–Trinajstić information content (AvgIpc) is 2.73. The molecule has 0 saturated heterocycles. The van der Waals surface area contributed by atoms with Crippen molar-refractivity contribution >= 4 is 23.3 Å². The number of esters is 1. The molecule has 0 aliphatic rings. The van der Waals surface area contributed by atoms with Crippen LogP contribution in [0.5, 0.6) is 11.5 Å². The predicted octanol–water partition coefficient (Wildman–Crippen LogP) is 3.35. The van der Waals surface area contributed by atoms with Gasteiger partial charge in [-0.25, -0.2) is 4.79 Å². The standard InChI is InChI=1S/C21H26N2O5/c1-5-23(6-2)17-9-7-15(8-10-17)21(25)28-14-20(24)22-16-11-18(26-3)13-19(12-16)27-4/h7-13H,5-6,14H2,1-4H3,(H,22,24). The highest BCUT2D eigenvalue weighted by Gasteiger charge is 2.12. The van der Waals surface area contributed by atoms with Gasteiger partial charge in [-0.1, -0.05) is 0 Å². The summed E-state index contributed by atoms with van der Waals surface area (Å²) in [5.74, 6) is 0.0766. The first kappa shape index (κ1) is 21.1. The zero-order valence-electron chi connectivity index (χ0n) is 16.7. The summed E-state index contributed by atoms with van der Waals surface area (Å²) in [4.78, 5) is 26.4. The summed E-state index contributed by atoms with van der Waals surface area (Å²) >= 11 is 0. The fourth-order valence-electron chi connectivity index (χ4n) is 2.69. The van der Waals surface area contributed by atoms with Gasteiger partial charge in [0.1, 0.15) is 11.5 Å². The van der Waals surface area contributed by atoms with E-state index in [0.29, 0.717) is 22.7 Å². The summed E-state index contributed by atoms with van der Waals surface area (Å²) in [6.45, 7) is 5.52. The average molecular weight is 386 g/mol. The summed E-state index contributed by atoms with van der Waals surface area (Å²) in [7, 11) is 3.04. The Morgan fingerprint density at radius 2 is 1.50 bits per heavy atom. The lowest BCUT2D eigenvalue weighted by atomic mass is 10.2. The molecule has 150 valence electrons. The summed E-state index contributed by atoms with van der Waals surface area (Å²) in [6.07, 6.45) is 0. The van der Waals surface area contributed by atoms with Crippen molar-refractivity contribution in [2.75, 3.05) is 44.1 Å². The van der Waals surface area contributed by atoms with Gasteiger partial charge in [0.25, 0.3) is 5.91 Å². The normalized spacial score (nSPS) is 10.1. The van der Waals surface area contributed by atoms with Crippen LogP contribution < -0.4 is 19.7 Å². The van der Waals surface area contributed by atoms with E-state index < -0.39 is 18.5 Å². The molecule has 2 rings (SSSR count). The van der Waals surface area contributed by atoms with Gasteiger partial charge in [0, 0.05) is 42.7 Å². The van der Waals surface area contributed by atoms with E-state index in [0.717, 1.165) is 18.8 Å². The topological polar surface area (TPSA) is 77.1 Å². The van der Waals surface area contributed by atoms with Crippen molar-refractivity contribution in [1.29, 1.82) is 0 Å². The molecule has 1 amide bonds. The lowest BCUT2D eigenvalue weighted by Gasteiger charge is -2.20. The molecule has 28 heavy (non-hydrogen) atoms. The maximum atomic E-state index is 12.2. The molecule has 0 aromatic heterocycles. The Kier molecular flexibility index (Phi) is 7.68. The number of methoxy groups -OCH3 is 2. The predicted molar refractivity (Wildman–Crippen MR) is 108 cm³/mol. The third-order valence-corrected chi connectivity index (χ3v) is 4.20. The number of hydrogen-bond donors (Lipinski definition) is 1. The third-order valence-electron chi connectivity index (χ3n) is 4.20. The Bertz CT molecular complexity index is 779. The summed E-state index contributed by atoms with van der Waals surface area (Å²) in [5, 5.41) is 2.65. The first-order valence-electron chi connectivity index (χ1n) is 9.05. The van der Waals surface area contributed by atoms with Gasteiger partial charge in [0.05, 0.1) is 19.8 Å². The summed E-state index contributed by atoms with van der Waals surface area (Å²) in [5.41, 5.74) is 1.92. The highest BCUT2D eigenvalue weighted by molar-refractivity contribution is 5.95. The van der Waals surface area contributed by atoms with Crippen LogP contribution >= 0.6 is 0 Å². The molecule has 2 aromatic rings. The van der Waals surface area contributed by atoms with Crippen LogP contribution in [0.15, 0.2) is 42.5 Å². The van der Waals surface area contributed by atoms with Gasteiger partial charge in [0.15, 0.2) is 6.61 Å². The van der Waals surface area contributed by atoms with E-state index in [1.807, 2.05) is 12.1 Å². The molecule has 0 atom stereocenters. The minimum atomic E-state index is -0.551. The van der Waals surface area contributed by atoms with E-state index in [1.54, 1.807) is 30.3 Å². The van der Waals surface area contributed by atoms with E-state index in [4.69, 9.17) is 14.2 Å². The SMILES string of the molecule is CCN(CC)c1ccc(C(=O)OCC(=O)Nc2cc(OC)cc(OC)c2)cc1. The van der Waals surface area contributed by atoms with Gasteiger partial charge in [-0.15, -0.1) is 0 Å². The first-order chi connectivity index (χ1) is 13.5. The maximum absolute atomic E-state index is 12.2. The van der Waals surface area contributed by atoms with Crippen LogP contribution in [-0.4, -0.2) is 45.8 Å². The number of nitrogens with one attached hydrogen (secondary N) is 1. The van der Waals surface area contributed by atoms with E-state index >= 15 is 0 Å². The van der Waals surface area contributed by atoms with E-state index in [1.165, 1.54) is 14.2 Å². The minimum Gasteiger partial charge on any atom is -0.497 e. The molecule has 0 saturated carbocycles. The largest absolute Gasteiger partial charge is 0.497 e. The highest BCUT2D eigenvalue weighted by Crippen LogP contribution is 2.25. The van der Waals surface area contributed by atoms with Gasteiger partial charge in [-0.3, -0.25) is 4.79 Å². The van der Waals surface area contributed by atoms with Crippen molar-refractivity contribution in [2.24, 2.45) is 0 Å². The smallest absolute Gasteiger partial charge is 0.338 e. The lowest BCUT2D eigenvalue weighted by Crippen LogP contribution is -2.22. The summed E-state index contributed by atoms with van der Waals surface area (Å²) < 4.78 is 15.4. The van der Waals surface area contributed by atoms with Crippen molar-refractivity contribution in [3.63, 3.8) is 0 Å². The van der Waals surface area contributed by atoms with E-state index in [9.17, 15) is 9.59 Å². The second-order valence-corrected chi connectivity index (χ2v) is 5.94. The molecule has 0 aliphatic heterocycles. The Morgan fingerprint density at radius 1 is 0.929 bits per heavy atom. The van der Waals surface area contributed by atoms with Crippen LogP contribution in [-0.2, 0) is 9.53 Å². The number of anilines is 2. The van der Waals surface area contributed by atoms with Gasteiger partial charge in [-0.2, -0.15) is 0 Å². The lowest BCUT2D eigenvalue weighted by molar-refractivity contribution is -0.119. The number of benzene rings is 2. The van der Waals surface area contributed by atoms with Crippen LogP contribution in [0.2, 0.25) is 0 Å². The van der Waals surface area contributed by atoms with Crippen LogP contribution in [0.3, 0.4) is 0 Å². The van der Waals surface area contributed by atoms with Gasteiger partial charge >= 0.3 is 5.97 Å². The monoisotopic (exact) mass is 386 g/mol. The van der Waals surface area contributed by atoms with Gasteiger partial charge in [0.2, 0.25) is 0 Å². The van der Waals surface area contributed by atoms with Crippen molar-refractivity contribution in [2.45, 2.75) is 13.8 Å². The minimum absolute atomic E-state index is 0.393. The zero-order chi connectivity index (χ0) is 20.5. The second-order valence-electron chi connectivity index (χ2n) is 5.94. The molecule has 7 nitrogen and oxygen atoms in total. The van der Waals surface area contributed by atoms with Crippen molar-refractivity contribution < 1.29 is 23.8 Å². The maximum Gasteiger partial charge on any atom is 0.338 e. The molecular weight excluding hydrogens is 360 g/mol. The van der Waals surface area contributed by atoms with Crippen LogP contribution in [0, 0.1) is 0 Å². The number of amides is 1. The zero-order valence-corrected chi connectivity index (χ0v) is 16.7. The first-order valence-corrected chi connectivity index (χ1v) is 9.05.